The molecule has 1 aliphatic rings. The molecule has 0 bridgehead atoms. The van der Waals surface area contributed by atoms with E-state index in [9.17, 15) is 29.4 Å². The van der Waals surface area contributed by atoms with E-state index >= 15 is 0 Å². The van der Waals surface area contributed by atoms with Crippen LogP contribution in [0.3, 0.4) is 0 Å². The van der Waals surface area contributed by atoms with E-state index in [-0.39, 0.29) is 10.4 Å². The van der Waals surface area contributed by atoms with Gasteiger partial charge in [0.15, 0.2) is 8.65 Å². The number of halogens is 4. The van der Waals surface area contributed by atoms with Crippen LogP contribution in [0.15, 0.2) is 21.1 Å². The van der Waals surface area contributed by atoms with Gasteiger partial charge in [-0.05, 0) is 54.4 Å². The maximum atomic E-state index is 12.3. The summed E-state index contributed by atoms with van der Waals surface area (Å²) in [4.78, 5) is 48.5. The zero-order chi connectivity index (χ0) is 20.2. The monoisotopic (exact) mass is 616 g/mol. The number of nitrogens with two attached hydrogens (primary N) is 2. The van der Waals surface area contributed by atoms with Crippen LogP contribution in [0.1, 0.15) is 0 Å². The van der Waals surface area contributed by atoms with Crippen LogP contribution < -0.4 is 21.9 Å². The van der Waals surface area contributed by atoms with Crippen molar-refractivity contribution in [3.63, 3.8) is 0 Å². The van der Waals surface area contributed by atoms with E-state index in [0.717, 1.165) is 0 Å². The van der Waals surface area contributed by atoms with Crippen molar-refractivity contribution in [2.75, 3.05) is 0 Å². The van der Waals surface area contributed by atoms with Crippen molar-refractivity contribution >= 4 is 98.6 Å². The van der Waals surface area contributed by atoms with Gasteiger partial charge in [-0.1, -0.05) is 31.9 Å². The summed E-state index contributed by atoms with van der Waals surface area (Å²) < 4.78 is -4.27. The molecule has 0 aliphatic heterocycles. The number of benzene rings is 1. The molecule has 0 radical (unpaired) electrons. The van der Waals surface area contributed by atoms with Crippen LogP contribution in [0.25, 0.3) is 11.1 Å². The molecule has 26 heavy (non-hydrogen) atoms. The highest BCUT2D eigenvalue weighted by atomic mass is 79.9. The van der Waals surface area contributed by atoms with Gasteiger partial charge in [0, 0.05) is 8.95 Å². The zero-order valence-electron chi connectivity index (χ0n) is 12.3. The summed E-state index contributed by atoms with van der Waals surface area (Å²) in [6.07, 6.45) is 0. The third-order valence-electron chi connectivity index (χ3n) is 3.86. The van der Waals surface area contributed by atoms with Gasteiger partial charge in [0.05, 0.1) is 11.1 Å². The molecule has 6 N–H and O–H groups in total. The van der Waals surface area contributed by atoms with Crippen LogP contribution >= 0.6 is 63.7 Å². The van der Waals surface area contributed by atoms with Crippen LogP contribution in [-0.4, -0.2) is 42.6 Å². The predicted molar refractivity (Wildman–Crippen MR) is 105 cm³/mol. The quantitative estimate of drug-likeness (QED) is 0.345. The summed E-state index contributed by atoms with van der Waals surface area (Å²) in [6, 6.07) is 2.65. The van der Waals surface area contributed by atoms with Crippen molar-refractivity contribution < 1.29 is 29.4 Å². The molecular formula is C14H8Br4N2O6. The molecule has 0 saturated carbocycles. The van der Waals surface area contributed by atoms with Gasteiger partial charge >= 0.3 is 11.9 Å². The Morgan fingerprint density at radius 2 is 1.27 bits per heavy atom. The first-order chi connectivity index (χ1) is 11.8. The Kier molecular flexibility index (Phi) is 5.45. The number of fused-ring (bicyclic) bond motifs is 1. The number of rotatable bonds is 4. The summed E-state index contributed by atoms with van der Waals surface area (Å²) in [7, 11) is 0. The largest absolute Gasteiger partial charge is 0.480 e. The average molecular weight is 620 g/mol. The van der Waals surface area contributed by atoms with Crippen molar-refractivity contribution in [3.8, 4) is 0 Å². The van der Waals surface area contributed by atoms with Crippen LogP contribution in [0.4, 0.5) is 0 Å². The summed E-state index contributed by atoms with van der Waals surface area (Å²) in [5, 5.41) is 19.3. The molecule has 2 atom stereocenters. The second-order valence-electron chi connectivity index (χ2n) is 5.22. The normalized spacial score (nSPS) is 24.8. The van der Waals surface area contributed by atoms with E-state index in [2.05, 4.69) is 63.7 Å². The van der Waals surface area contributed by atoms with Gasteiger partial charge in [-0.2, -0.15) is 0 Å². The predicted octanol–water partition coefficient (Wildman–Crippen LogP) is -0.0662. The van der Waals surface area contributed by atoms with Gasteiger partial charge in [0.1, 0.15) is 0 Å². The molecule has 138 valence electrons. The van der Waals surface area contributed by atoms with Crippen LogP contribution in [0.2, 0.25) is 0 Å². The molecule has 1 aromatic rings. The number of amides is 2. The first-order valence-electron chi connectivity index (χ1n) is 6.50. The number of carbonyl (C=O) groups is 4. The molecule has 2 unspecified atom stereocenters. The lowest BCUT2D eigenvalue weighted by Gasteiger charge is -2.41. The maximum absolute atomic E-state index is 12.3. The molecular weight excluding hydrogens is 612 g/mol. The number of hydrogen-bond acceptors (Lipinski definition) is 4. The van der Waals surface area contributed by atoms with E-state index in [4.69, 9.17) is 11.5 Å². The minimum Gasteiger partial charge on any atom is -0.480 e. The average Bonchev–Trinajstić information content (AvgIpc) is 2.49. The Bertz CT molecular complexity index is 942. The summed E-state index contributed by atoms with van der Waals surface area (Å²) in [5.74, 6) is -5.85. The fourth-order valence-electron chi connectivity index (χ4n) is 2.79. The highest BCUT2D eigenvalue weighted by Crippen LogP contribution is 2.50. The minimum atomic E-state index is -2.61. The first kappa shape index (κ1) is 21.1. The molecule has 0 aromatic heterocycles. The Morgan fingerprint density at radius 3 is 1.58 bits per heavy atom. The van der Waals surface area contributed by atoms with Crippen molar-refractivity contribution in [3.05, 3.63) is 31.5 Å². The summed E-state index contributed by atoms with van der Waals surface area (Å²) in [6.45, 7) is 0. The van der Waals surface area contributed by atoms with Crippen molar-refractivity contribution in [1.82, 2.24) is 0 Å². The second-order valence-corrected chi connectivity index (χ2v) is 9.31. The molecule has 1 aromatic carbocycles. The van der Waals surface area contributed by atoms with Gasteiger partial charge < -0.3 is 21.7 Å². The van der Waals surface area contributed by atoms with Crippen LogP contribution in [-0.2, 0) is 19.2 Å². The highest BCUT2D eigenvalue weighted by molar-refractivity contribution is 9.13. The topological polar surface area (TPSA) is 161 Å². The molecule has 0 saturated heterocycles. The highest BCUT2D eigenvalue weighted by Gasteiger charge is 2.66. The Balaban J connectivity index is 3.40. The number of carbonyl (C=O) groups excluding carboxylic acids is 2. The van der Waals surface area contributed by atoms with Gasteiger partial charge in [-0.25, -0.2) is 4.79 Å². The summed E-state index contributed by atoms with van der Waals surface area (Å²) in [5.41, 5.74) is 9.62. The van der Waals surface area contributed by atoms with Gasteiger partial charge in [0.2, 0.25) is 11.8 Å². The minimum absolute atomic E-state index is 0.0445. The SMILES string of the molecule is NC(=O)C1=c2cc(Br)c(Br)cc2=C(C(=O)O)C(Br)(C(=O)O)C1(Br)C(N)=O. The molecule has 0 spiro atoms. The van der Waals surface area contributed by atoms with E-state index < -0.39 is 43.5 Å². The number of hydrogen-bond donors (Lipinski definition) is 4. The molecule has 1 aliphatic carbocycles. The van der Waals surface area contributed by atoms with Crippen molar-refractivity contribution in [2.24, 2.45) is 11.5 Å². The van der Waals surface area contributed by atoms with E-state index in [0.29, 0.717) is 8.95 Å². The van der Waals surface area contributed by atoms with Crippen LogP contribution in [0, 0.1) is 0 Å². The molecule has 2 amide bonds. The Morgan fingerprint density at radius 1 is 0.846 bits per heavy atom. The second kappa shape index (κ2) is 6.73. The number of carboxylic acid groups (broad SMARTS) is 2. The lowest BCUT2D eigenvalue weighted by Crippen LogP contribution is -2.67. The molecule has 12 heteroatoms. The first-order valence-corrected chi connectivity index (χ1v) is 9.67. The fourth-order valence-corrected chi connectivity index (χ4v) is 5.03. The number of carboxylic acids is 2. The standard InChI is InChI=1S/C14H8Br4N2O6/c15-5-1-3-4(2-6(5)16)8(10(22)23)14(18,12(25)26)13(17,11(20)24)7(3)9(19)21/h1-2H,(H2,19,21)(H2,20,24)(H,22,23)(H,25,26). The van der Waals surface area contributed by atoms with Gasteiger partial charge in [0.25, 0.3) is 0 Å². The van der Waals surface area contributed by atoms with E-state index in [1.165, 1.54) is 12.1 Å². The maximum Gasteiger partial charge on any atom is 0.334 e. The van der Waals surface area contributed by atoms with Crippen LogP contribution in [0.5, 0.6) is 0 Å². The van der Waals surface area contributed by atoms with Crippen molar-refractivity contribution in [2.45, 2.75) is 8.65 Å². The molecule has 0 heterocycles. The zero-order valence-corrected chi connectivity index (χ0v) is 18.7. The number of primary amides is 2. The smallest absolute Gasteiger partial charge is 0.334 e. The Hall–Kier alpha value is -1.24. The van der Waals surface area contributed by atoms with E-state index in [1.807, 2.05) is 0 Å². The molecule has 0 fully saturated rings. The molecule has 8 nitrogen and oxygen atoms in total. The van der Waals surface area contributed by atoms with E-state index in [1.54, 1.807) is 0 Å². The number of alkyl halides is 2. The number of aliphatic carboxylic acids is 2. The third-order valence-corrected chi connectivity index (χ3v) is 8.95. The van der Waals surface area contributed by atoms with Crippen molar-refractivity contribution in [1.29, 1.82) is 0 Å². The Labute approximate surface area is 178 Å². The van der Waals surface area contributed by atoms with Gasteiger partial charge in [-0.15, -0.1) is 0 Å². The molecule has 2 rings (SSSR count). The van der Waals surface area contributed by atoms with Gasteiger partial charge in [-0.3, -0.25) is 14.4 Å². The third kappa shape index (κ3) is 2.65. The fraction of sp³-hybridized carbons (Fsp3) is 0.143. The lowest BCUT2D eigenvalue weighted by molar-refractivity contribution is -0.142. The summed E-state index contributed by atoms with van der Waals surface area (Å²) >= 11 is 12.2. The lowest BCUT2D eigenvalue weighted by atomic mass is 9.74.